The van der Waals surface area contributed by atoms with Crippen molar-refractivity contribution in [3.63, 3.8) is 0 Å². The van der Waals surface area contributed by atoms with E-state index in [1.807, 2.05) is 31.2 Å². The van der Waals surface area contributed by atoms with Crippen LogP contribution in [0.15, 0.2) is 35.9 Å². The molecule has 0 bridgehead atoms. The molecular formula is C14H15N3O3S. The minimum atomic E-state index is -1.01. The topological polar surface area (TPSA) is 90.8 Å². The molecule has 0 aromatic heterocycles. The number of hydrogen-bond acceptors (Lipinski definition) is 5. The van der Waals surface area contributed by atoms with Crippen LogP contribution < -0.4 is 10.7 Å². The number of thioether (sulfide) groups is 1. The van der Waals surface area contributed by atoms with Crippen LogP contribution in [0.4, 0.5) is 0 Å². The lowest BCUT2D eigenvalue weighted by Crippen LogP contribution is -2.27. The number of aliphatic carboxylic acids is 1. The van der Waals surface area contributed by atoms with Crippen LogP contribution in [0.1, 0.15) is 17.5 Å². The molecular weight excluding hydrogens is 290 g/mol. The Morgan fingerprint density at radius 3 is 2.76 bits per heavy atom. The second-order valence-electron chi connectivity index (χ2n) is 4.57. The summed E-state index contributed by atoms with van der Waals surface area (Å²) in [4.78, 5) is 22.2. The maximum atomic E-state index is 11.5. The predicted molar refractivity (Wildman–Crippen MR) is 82.6 cm³/mol. The van der Waals surface area contributed by atoms with Crippen molar-refractivity contribution in [2.45, 2.75) is 18.6 Å². The number of amides is 1. The van der Waals surface area contributed by atoms with E-state index >= 15 is 0 Å². The highest BCUT2D eigenvalue weighted by atomic mass is 32.2. The molecule has 1 amide bonds. The van der Waals surface area contributed by atoms with Crippen LogP contribution in [-0.4, -0.2) is 27.4 Å². The molecule has 1 aromatic carbocycles. The van der Waals surface area contributed by atoms with Crippen molar-refractivity contribution in [1.29, 1.82) is 0 Å². The first-order chi connectivity index (χ1) is 9.95. The van der Waals surface area contributed by atoms with Gasteiger partial charge in [0, 0.05) is 0 Å². The molecule has 1 aromatic rings. The van der Waals surface area contributed by atoms with Gasteiger partial charge >= 0.3 is 5.97 Å². The van der Waals surface area contributed by atoms with Crippen molar-refractivity contribution in [3.8, 4) is 0 Å². The number of amidine groups is 1. The van der Waals surface area contributed by atoms with Gasteiger partial charge in [-0.05, 0) is 12.5 Å². The molecule has 0 unspecified atom stereocenters. The number of hydrogen-bond donors (Lipinski definition) is 3. The van der Waals surface area contributed by atoms with Crippen LogP contribution in [-0.2, 0) is 9.59 Å². The fourth-order valence-corrected chi connectivity index (χ4v) is 2.61. The normalized spacial score (nSPS) is 19.4. The van der Waals surface area contributed by atoms with E-state index in [0.29, 0.717) is 10.9 Å². The third-order valence-corrected chi connectivity index (χ3v) is 3.91. The van der Waals surface area contributed by atoms with Crippen LogP contribution in [0.2, 0.25) is 0 Å². The van der Waals surface area contributed by atoms with Crippen LogP contribution in [0.5, 0.6) is 0 Å². The average Bonchev–Trinajstić information content (AvgIpc) is 2.77. The quantitative estimate of drug-likeness (QED) is 0.718. The van der Waals surface area contributed by atoms with E-state index in [2.05, 4.69) is 22.4 Å². The van der Waals surface area contributed by atoms with E-state index in [0.717, 1.165) is 22.9 Å². The van der Waals surface area contributed by atoms with E-state index in [1.165, 1.54) is 0 Å². The number of carbonyl (C=O) groups is 2. The number of carbonyl (C=O) groups excluding carboxylic acids is 1. The van der Waals surface area contributed by atoms with Gasteiger partial charge < -0.3 is 10.4 Å². The van der Waals surface area contributed by atoms with Gasteiger partial charge in [0.2, 0.25) is 5.91 Å². The van der Waals surface area contributed by atoms with Crippen molar-refractivity contribution < 1.29 is 14.7 Å². The molecule has 1 aliphatic heterocycles. The fourth-order valence-electron chi connectivity index (χ4n) is 1.69. The summed E-state index contributed by atoms with van der Waals surface area (Å²) in [7, 11) is 0. The maximum absolute atomic E-state index is 11.5. The summed E-state index contributed by atoms with van der Waals surface area (Å²) in [5.41, 5.74) is 5.40. The molecule has 1 fully saturated rings. The van der Waals surface area contributed by atoms with Gasteiger partial charge in [-0.2, -0.15) is 0 Å². The van der Waals surface area contributed by atoms with Gasteiger partial charge in [-0.25, -0.2) is 0 Å². The molecule has 1 atom stereocenters. The molecule has 0 saturated carbocycles. The van der Waals surface area contributed by atoms with Gasteiger partial charge in [0.15, 0.2) is 5.17 Å². The number of benzene rings is 1. The molecule has 110 valence electrons. The Labute approximate surface area is 126 Å². The molecule has 2 rings (SSSR count). The Kier molecular flexibility index (Phi) is 4.64. The number of aryl methyl sites for hydroxylation is 1. The zero-order chi connectivity index (χ0) is 15.4. The zero-order valence-corrected chi connectivity index (χ0v) is 12.2. The highest BCUT2D eigenvalue weighted by molar-refractivity contribution is 8.15. The minimum Gasteiger partial charge on any atom is -0.481 e. The van der Waals surface area contributed by atoms with Crippen LogP contribution in [0.3, 0.4) is 0 Å². The summed E-state index contributed by atoms with van der Waals surface area (Å²) in [5.74, 6) is -1.36. The predicted octanol–water partition coefficient (Wildman–Crippen LogP) is 1.53. The lowest BCUT2D eigenvalue weighted by atomic mass is 10.1. The number of rotatable bonds is 5. The van der Waals surface area contributed by atoms with Gasteiger partial charge in [-0.15, -0.1) is 5.10 Å². The second-order valence-corrected chi connectivity index (χ2v) is 5.76. The lowest BCUT2D eigenvalue weighted by Gasteiger charge is -2.06. The molecule has 1 aliphatic rings. The Hall–Kier alpha value is -2.28. The van der Waals surface area contributed by atoms with Crippen LogP contribution >= 0.6 is 11.8 Å². The van der Waals surface area contributed by atoms with E-state index in [9.17, 15) is 9.59 Å². The van der Waals surface area contributed by atoms with Gasteiger partial charge in [-0.3, -0.25) is 15.0 Å². The summed E-state index contributed by atoms with van der Waals surface area (Å²) in [6.45, 7) is 5.86. The Bertz CT molecular complexity index is 610. The Morgan fingerprint density at radius 2 is 2.14 bits per heavy atom. The molecule has 0 aliphatic carbocycles. The van der Waals surface area contributed by atoms with Crippen molar-refractivity contribution >= 4 is 34.5 Å². The largest absolute Gasteiger partial charge is 0.481 e. The van der Waals surface area contributed by atoms with E-state index in [1.54, 1.807) is 0 Å². The summed E-state index contributed by atoms with van der Waals surface area (Å²) >= 11 is 1.09. The van der Waals surface area contributed by atoms with E-state index in [4.69, 9.17) is 5.11 Å². The molecule has 0 spiro atoms. The molecule has 3 N–H and O–H groups in total. The van der Waals surface area contributed by atoms with Gasteiger partial charge in [0.25, 0.3) is 0 Å². The molecule has 6 nitrogen and oxygen atoms in total. The fraction of sp³-hybridized carbons (Fsp3) is 0.214. The Balaban J connectivity index is 1.95. The lowest BCUT2D eigenvalue weighted by molar-refractivity contribution is -0.138. The smallest absolute Gasteiger partial charge is 0.305 e. The molecule has 0 radical (unpaired) electrons. The monoisotopic (exact) mass is 305 g/mol. The third kappa shape index (κ3) is 4.09. The molecule has 1 saturated heterocycles. The number of carboxylic acid groups (broad SMARTS) is 1. The standard InChI is InChI=1S/C14H15N3O3S/c1-8-3-5-10(6-4-8)9(2)16-17-14-15-13(20)11(21-14)7-12(18)19/h3-6,11,16H,2,7H2,1H3,(H,18,19)(H,15,17,20)/t11-/m0/s1. The minimum absolute atomic E-state index is 0.228. The number of nitrogens with one attached hydrogen (secondary N) is 2. The summed E-state index contributed by atoms with van der Waals surface area (Å²) in [5, 5.41) is 15.0. The van der Waals surface area contributed by atoms with E-state index in [-0.39, 0.29) is 12.3 Å². The summed E-state index contributed by atoms with van der Waals surface area (Å²) in [6, 6.07) is 7.76. The van der Waals surface area contributed by atoms with Crippen molar-refractivity contribution in [1.82, 2.24) is 10.7 Å². The van der Waals surface area contributed by atoms with Crippen molar-refractivity contribution in [2.24, 2.45) is 5.10 Å². The van der Waals surface area contributed by atoms with E-state index < -0.39 is 11.2 Å². The Morgan fingerprint density at radius 1 is 1.48 bits per heavy atom. The summed E-state index contributed by atoms with van der Waals surface area (Å²) < 4.78 is 0. The highest BCUT2D eigenvalue weighted by Crippen LogP contribution is 2.22. The van der Waals surface area contributed by atoms with Gasteiger partial charge in [-0.1, -0.05) is 48.2 Å². The first-order valence-electron chi connectivity index (χ1n) is 6.24. The first-order valence-corrected chi connectivity index (χ1v) is 7.12. The average molecular weight is 305 g/mol. The first kappa shape index (κ1) is 15.1. The van der Waals surface area contributed by atoms with Crippen LogP contribution in [0, 0.1) is 6.92 Å². The zero-order valence-electron chi connectivity index (χ0n) is 11.4. The van der Waals surface area contributed by atoms with Crippen molar-refractivity contribution in [2.75, 3.05) is 0 Å². The third-order valence-electron chi connectivity index (χ3n) is 2.83. The number of nitrogens with zero attached hydrogens (tertiary/aromatic N) is 1. The SMILES string of the molecule is C=C(N/N=C1/NC(=O)[C@H](CC(=O)O)S1)c1ccc(C)cc1. The number of hydrazone groups is 1. The molecule has 21 heavy (non-hydrogen) atoms. The highest BCUT2D eigenvalue weighted by Gasteiger charge is 2.32. The maximum Gasteiger partial charge on any atom is 0.305 e. The molecule has 1 heterocycles. The second kappa shape index (κ2) is 6.45. The van der Waals surface area contributed by atoms with Gasteiger partial charge in [0.1, 0.15) is 5.25 Å². The van der Waals surface area contributed by atoms with Gasteiger partial charge in [0.05, 0.1) is 12.1 Å². The molecule has 7 heteroatoms. The van der Waals surface area contributed by atoms with Crippen LogP contribution in [0.25, 0.3) is 5.70 Å². The number of carboxylic acids is 1. The summed E-state index contributed by atoms with van der Waals surface area (Å²) in [6.07, 6.45) is -0.228. The van der Waals surface area contributed by atoms with Crippen molar-refractivity contribution in [3.05, 3.63) is 42.0 Å².